The minimum Gasteiger partial charge on any atom is -0.451 e. The van der Waals surface area contributed by atoms with Gasteiger partial charge in [-0.25, -0.2) is 18.3 Å². The van der Waals surface area contributed by atoms with Crippen LogP contribution in [0.15, 0.2) is 0 Å². The third-order valence-corrected chi connectivity index (χ3v) is 16.0. The summed E-state index contributed by atoms with van der Waals surface area (Å²) in [4.78, 5) is 30.3. The molecule has 0 saturated heterocycles. The molecule has 0 aromatic carbocycles. The van der Waals surface area contributed by atoms with Crippen molar-refractivity contribution in [2.45, 2.75) is 410 Å². The lowest BCUT2D eigenvalue weighted by atomic mass is 9.69. The molecule has 0 aromatic rings. The van der Waals surface area contributed by atoms with E-state index in [9.17, 15) is 16.8 Å². The lowest BCUT2D eigenvalue weighted by molar-refractivity contribution is -0.191. The molecule has 7 N–H and O–H groups in total. The van der Waals surface area contributed by atoms with Crippen LogP contribution in [0.25, 0.3) is 0 Å². The Hall–Kier alpha value is -1.45. The van der Waals surface area contributed by atoms with E-state index in [2.05, 4.69) is 201 Å². The number of hydrogen-bond acceptors (Lipinski definition) is 16. The van der Waals surface area contributed by atoms with E-state index < -0.39 is 53.8 Å². The molecule has 0 aliphatic heterocycles. The maximum Gasteiger partial charge on any atom is 0.465 e. The van der Waals surface area contributed by atoms with Crippen LogP contribution in [0.4, 0.5) is 0 Å². The van der Waals surface area contributed by atoms with Gasteiger partial charge in [-0.1, -0.05) is 390 Å². The van der Waals surface area contributed by atoms with Gasteiger partial charge in [0, 0.05) is 0 Å². The van der Waals surface area contributed by atoms with Crippen LogP contribution >= 0.6 is 15.8 Å². The molecular formula is C80H186B2O20P2S3. The molecule has 660 valence electrons. The molecule has 0 radical (unpaired) electrons. The summed E-state index contributed by atoms with van der Waals surface area (Å²) in [5.74, 6) is 14.7. The van der Waals surface area contributed by atoms with Gasteiger partial charge in [-0.2, -0.15) is 26.4 Å². The van der Waals surface area contributed by atoms with Gasteiger partial charge < -0.3 is 15.1 Å². The van der Waals surface area contributed by atoms with Crippen LogP contribution < -0.4 is 0 Å². The van der Waals surface area contributed by atoms with Gasteiger partial charge >= 0.3 is 39.7 Å². The molecule has 107 heavy (non-hydrogen) atoms. The summed E-state index contributed by atoms with van der Waals surface area (Å²) in [6.45, 7) is 78.6. The second-order valence-electron chi connectivity index (χ2n) is 31.5. The fourth-order valence-corrected chi connectivity index (χ4v) is 7.06. The Labute approximate surface area is 670 Å². The highest BCUT2D eigenvalue weighted by molar-refractivity contribution is 7.85. The van der Waals surface area contributed by atoms with E-state index in [-0.39, 0.29) is 24.6 Å². The highest BCUT2D eigenvalue weighted by Gasteiger charge is 2.23. The molecule has 0 aromatic heterocycles. The number of hydrogen-bond donors (Lipinski definition) is 7. The lowest BCUT2D eigenvalue weighted by Crippen LogP contribution is -2.16. The average molecular weight is 1650 g/mol. The zero-order chi connectivity index (χ0) is 89.2. The molecule has 6 aliphatic carbocycles. The second-order valence-corrected chi connectivity index (χ2v) is 36.3. The van der Waals surface area contributed by atoms with Crippen molar-refractivity contribution in [1.29, 1.82) is 0 Å². The Morgan fingerprint density at radius 1 is 0.364 bits per heavy atom. The van der Waals surface area contributed by atoms with Gasteiger partial charge in [0.1, 0.15) is 0 Å². The highest BCUT2D eigenvalue weighted by Crippen LogP contribution is 2.35. The number of carbonyl (C=O) groups excluding carboxylic acids is 2. The molecule has 6 fully saturated rings. The molecule has 0 amide bonds. The summed E-state index contributed by atoms with van der Waals surface area (Å²) in [6.07, 6.45) is 33.5. The van der Waals surface area contributed by atoms with Crippen molar-refractivity contribution in [3.05, 3.63) is 0 Å². The van der Waals surface area contributed by atoms with Gasteiger partial charge in [0.2, 0.25) is 0 Å². The van der Waals surface area contributed by atoms with E-state index in [1.165, 1.54) is 155 Å². The summed E-state index contributed by atoms with van der Waals surface area (Å²) in [5.41, 5.74) is 0. The normalized spacial score (nSPS) is 13.7. The first-order chi connectivity index (χ1) is 48.8. The molecule has 6 rings (SSSR count). The SMILES string of the molecule is CC.CC(C)C.CC(C)C.CC(C)C.CC(C)C1CCC1.CC(C)C1CCC1.CC(C)C1CCC1.CC(C)C1CCC1.CC(C)C1CCC1.CC(C)C1CCC1.CC(C)CB(O)O.CCB(C)O.CCC.CCC.CCC.CCC.CCS(=O)(=O)O.CCS(=O)(=O)O.O=C=O.O=P(=O)O.O=P(=O)O.O=S(=O)=O. The van der Waals surface area contributed by atoms with E-state index in [0.29, 0.717) is 12.2 Å². The van der Waals surface area contributed by atoms with E-state index in [4.69, 9.17) is 74.4 Å². The quantitative estimate of drug-likeness (QED) is 0.0574. The largest absolute Gasteiger partial charge is 0.465 e. The zero-order valence-electron chi connectivity index (χ0n) is 76.8. The lowest BCUT2D eigenvalue weighted by Gasteiger charge is -2.28. The molecule has 6 aliphatic rings. The van der Waals surface area contributed by atoms with Gasteiger partial charge in [0.05, 0.1) is 11.5 Å². The van der Waals surface area contributed by atoms with E-state index in [1.807, 2.05) is 34.6 Å². The predicted octanol–water partition coefficient (Wildman–Crippen LogP) is 25.4. The maximum atomic E-state index is 9.56. The monoisotopic (exact) mass is 1650 g/mol. The molecular weight excluding hydrogens is 1460 g/mol. The van der Waals surface area contributed by atoms with Crippen LogP contribution in [0.3, 0.4) is 0 Å². The van der Waals surface area contributed by atoms with Crippen molar-refractivity contribution in [3.8, 4) is 0 Å². The smallest absolute Gasteiger partial charge is 0.451 e. The summed E-state index contributed by atoms with van der Waals surface area (Å²) < 4.78 is 114. The maximum absolute atomic E-state index is 9.56. The Bertz CT molecular complexity index is 1880. The highest BCUT2D eigenvalue weighted by atomic mass is 32.2. The summed E-state index contributed by atoms with van der Waals surface area (Å²) in [5, 5.41) is 24.9. The Balaban J connectivity index is -0.0000000584. The molecule has 6 saturated carbocycles. The van der Waals surface area contributed by atoms with Crippen molar-refractivity contribution >= 4 is 66.8 Å². The van der Waals surface area contributed by atoms with Crippen LogP contribution in [-0.2, 0) is 58.7 Å². The number of rotatable bonds is 11. The minimum atomic E-state index is -3.66. The average Bonchev–Trinajstić information content (AvgIpc) is 0.955. The van der Waals surface area contributed by atoms with Crippen LogP contribution in [0, 0.1) is 94.7 Å². The molecule has 0 bridgehead atoms. The van der Waals surface area contributed by atoms with Crippen molar-refractivity contribution in [2.24, 2.45) is 94.7 Å². The van der Waals surface area contributed by atoms with Crippen molar-refractivity contribution < 1.29 is 91.3 Å². The molecule has 27 heteroatoms. The van der Waals surface area contributed by atoms with Crippen molar-refractivity contribution in [1.82, 2.24) is 0 Å². The van der Waals surface area contributed by atoms with Crippen molar-refractivity contribution in [3.63, 3.8) is 0 Å². The standard InChI is InChI=1S/6C7H14.C4H11BO2.3C4H10.C3H9BO.4C3H8.2C2H6O3S.C2H6.CO2.2HO3P.O3S/c6*1-6(2)7-4-3-5-7;1-4(2)3-5(6)7;3*1-4(2)3;1-3-4(2)5;4*1-3-2;2*1-2-6(3,4)5;1-2;2-1-3;3*1-4(2)3/h6*6-7H,3-5H2,1-2H3;4,6-7H,3H2,1-2H3;3*4H,1-3H3;5H,3H2,1-2H3;4*3H2,1-2H3;2*2H2,1H3,(H,3,4,5);1-2H3;;2*(H,1,2,3);. The molecule has 0 unspecified atom stereocenters. The first-order valence-corrected chi connectivity index (χ1v) is 47.7. The molecule has 0 spiro atoms. The first-order valence-electron chi connectivity index (χ1n) is 41.2. The van der Waals surface area contributed by atoms with Gasteiger partial charge in [-0.15, -0.1) is 12.6 Å². The Kier molecular flexibility index (Phi) is 149. The van der Waals surface area contributed by atoms with Gasteiger partial charge in [0.15, 0.2) is 0 Å². The third-order valence-electron chi connectivity index (χ3n) is 14.6. The molecule has 20 nitrogen and oxygen atoms in total. The van der Waals surface area contributed by atoms with Crippen LogP contribution in [0.1, 0.15) is 391 Å². The van der Waals surface area contributed by atoms with Crippen LogP contribution in [0.5, 0.6) is 0 Å². The second kappa shape index (κ2) is 111. The molecule has 0 atom stereocenters. The van der Waals surface area contributed by atoms with E-state index >= 15 is 0 Å². The summed E-state index contributed by atoms with van der Waals surface area (Å²) in [7, 11) is -17.8. The van der Waals surface area contributed by atoms with Crippen molar-refractivity contribution in [2.75, 3.05) is 11.5 Å². The van der Waals surface area contributed by atoms with Gasteiger partial charge in [-0.05, 0) is 115 Å². The molecule has 0 heterocycles. The van der Waals surface area contributed by atoms with Gasteiger partial charge in [-0.3, -0.25) is 18.9 Å². The topological polar surface area (TPSA) is 364 Å². The third kappa shape index (κ3) is 221. The van der Waals surface area contributed by atoms with E-state index in [0.717, 1.165) is 95.1 Å². The predicted molar refractivity (Wildman–Crippen MR) is 464 cm³/mol. The zero-order valence-corrected chi connectivity index (χ0v) is 81.1. The van der Waals surface area contributed by atoms with Crippen LogP contribution in [0.2, 0.25) is 19.5 Å². The summed E-state index contributed by atoms with van der Waals surface area (Å²) in [6, 6.07) is 0. The fraction of sp³-hybridized carbons (Fsp3) is 0.988. The fourth-order valence-electron chi connectivity index (χ4n) is 7.06. The minimum absolute atomic E-state index is 0.116. The Morgan fingerprint density at radius 2 is 0.449 bits per heavy atom. The van der Waals surface area contributed by atoms with Crippen LogP contribution in [-0.4, -0.2) is 95.1 Å². The Morgan fingerprint density at radius 3 is 0.449 bits per heavy atom. The van der Waals surface area contributed by atoms with E-state index in [1.54, 1.807) is 6.82 Å². The summed E-state index contributed by atoms with van der Waals surface area (Å²) >= 11 is 0. The first kappa shape index (κ1) is 144. The van der Waals surface area contributed by atoms with Gasteiger partial charge in [0.25, 0.3) is 27.2 Å².